The van der Waals surface area contributed by atoms with Crippen LogP contribution in [0.1, 0.15) is 18.1 Å². The molecule has 0 heterocycles. The van der Waals surface area contributed by atoms with Crippen molar-refractivity contribution in [2.75, 3.05) is 16.3 Å². The van der Waals surface area contributed by atoms with Crippen molar-refractivity contribution in [3.05, 3.63) is 53.6 Å². The van der Waals surface area contributed by atoms with Gasteiger partial charge < -0.3 is 10.1 Å². The number of nitriles is 1. The second-order valence-electron chi connectivity index (χ2n) is 5.79. The van der Waals surface area contributed by atoms with E-state index in [9.17, 15) is 13.2 Å². The first kappa shape index (κ1) is 19.3. The number of carbonyl (C=O) groups excluding carboxylic acids is 1. The molecule has 0 unspecified atom stereocenters. The molecule has 26 heavy (non-hydrogen) atoms. The van der Waals surface area contributed by atoms with Crippen LogP contribution in [0.4, 0.5) is 11.4 Å². The maximum atomic E-state index is 12.3. The molecule has 0 radical (unpaired) electrons. The van der Waals surface area contributed by atoms with Crippen LogP contribution in [0.2, 0.25) is 0 Å². The zero-order valence-electron chi connectivity index (χ0n) is 14.6. The molecule has 1 amide bonds. The van der Waals surface area contributed by atoms with Crippen LogP contribution in [0.25, 0.3) is 0 Å². The topological polar surface area (TPSA) is 108 Å². The molecule has 8 heteroatoms. The second kappa shape index (κ2) is 7.89. The van der Waals surface area contributed by atoms with E-state index in [-0.39, 0.29) is 5.91 Å². The Kier molecular flexibility index (Phi) is 5.85. The van der Waals surface area contributed by atoms with Gasteiger partial charge >= 0.3 is 0 Å². The number of benzene rings is 2. The van der Waals surface area contributed by atoms with E-state index in [1.54, 1.807) is 56.3 Å². The van der Waals surface area contributed by atoms with E-state index in [2.05, 4.69) is 10.0 Å². The number of anilines is 2. The van der Waals surface area contributed by atoms with Crippen molar-refractivity contribution >= 4 is 27.3 Å². The van der Waals surface area contributed by atoms with Gasteiger partial charge in [0.25, 0.3) is 5.91 Å². The summed E-state index contributed by atoms with van der Waals surface area (Å²) in [6.45, 7) is 3.35. The zero-order chi connectivity index (χ0) is 19.3. The van der Waals surface area contributed by atoms with Crippen LogP contribution in [0.5, 0.6) is 5.75 Å². The highest BCUT2D eigenvalue weighted by Crippen LogP contribution is 2.22. The minimum Gasteiger partial charge on any atom is -0.481 e. The average molecular weight is 373 g/mol. The summed E-state index contributed by atoms with van der Waals surface area (Å²) in [4.78, 5) is 12.3. The van der Waals surface area contributed by atoms with Crippen LogP contribution in [-0.4, -0.2) is 26.7 Å². The summed E-state index contributed by atoms with van der Waals surface area (Å²) in [5.41, 5.74) is 2.07. The number of aryl methyl sites for hydroxylation is 1. The lowest BCUT2D eigenvalue weighted by molar-refractivity contribution is -0.122. The number of amides is 1. The molecule has 2 N–H and O–H groups in total. The lowest BCUT2D eigenvalue weighted by atomic mass is 10.2. The number of hydrogen-bond acceptors (Lipinski definition) is 5. The minimum absolute atomic E-state index is 0.386. The van der Waals surface area contributed by atoms with E-state index in [4.69, 9.17) is 10.00 Å². The molecular formula is C18H19N3O4S. The molecule has 0 bridgehead atoms. The van der Waals surface area contributed by atoms with Gasteiger partial charge in [0.1, 0.15) is 5.75 Å². The monoisotopic (exact) mass is 373 g/mol. The largest absolute Gasteiger partial charge is 0.481 e. The third-order valence-electron chi connectivity index (χ3n) is 3.47. The second-order valence-corrected chi connectivity index (χ2v) is 7.54. The van der Waals surface area contributed by atoms with Gasteiger partial charge in [-0.2, -0.15) is 5.26 Å². The van der Waals surface area contributed by atoms with Gasteiger partial charge in [-0.3, -0.25) is 9.52 Å². The molecule has 0 saturated heterocycles. The van der Waals surface area contributed by atoms with Crippen LogP contribution in [-0.2, 0) is 14.8 Å². The van der Waals surface area contributed by atoms with Crippen molar-refractivity contribution in [3.63, 3.8) is 0 Å². The van der Waals surface area contributed by atoms with Gasteiger partial charge in [-0.15, -0.1) is 0 Å². The summed E-state index contributed by atoms with van der Waals surface area (Å²) in [6, 6.07) is 13.4. The Morgan fingerprint density at radius 3 is 2.42 bits per heavy atom. The number of nitrogens with zero attached hydrogens (tertiary/aromatic N) is 1. The van der Waals surface area contributed by atoms with Crippen molar-refractivity contribution in [1.82, 2.24) is 0 Å². The minimum atomic E-state index is -3.42. The summed E-state index contributed by atoms with van der Waals surface area (Å²) in [6.07, 6.45) is 0.279. The van der Waals surface area contributed by atoms with Gasteiger partial charge in [-0.05, 0) is 55.8 Å². The number of sulfonamides is 1. The van der Waals surface area contributed by atoms with Gasteiger partial charge in [0.05, 0.1) is 23.6 Å². The molecule has 0 fully saturated rings. The number of hydrogen-bond donors (Lipinski definition) is 2. The van der Waals surface area contributed by atoms with Gasteiger partial charge in [0.2, 0.25) is 10.0 Å². The van der Waals surface area contributed by atoms with Gasteiger partial charge in [0.15, 0.2) is 6.10 Å². The molecule has 1 atom stereocenters. The SMILES string of the molecule is Cc1ccc(NC(=O)[C@@H](C)Oc2ccc(C#N)cc2)cc1NS(C)(=O)=O. The molecule has 136 valence electrons. The molecule has 0 aliphatic carbocycles. The molecule has 0 saturated carbocycles. The Balaban J connectivity index is 2.06. The number of nitrogens with one attached hydrogen (secondary N) is 2. The van der Waals surface area contributed by atoms with Crippen molar-refractivity contribution in [2.45, 2.75) is 20.0 Å². The average Bonchev–Trinajstić information content (AvgIpc) is 2.57. The number of ether oxygens (including phenoxy) is 1. The maximum Gasteiger partial charge on any atom is 0.265 e. The summed E-state index contributed by atoms with van der Waals surface area (Å²) >= 11 is 0. The first-order chi connectivity index (χ1) is 12.2. The number of carbonyl (C=O) groups is 1. The molecule has 0 aromatic heterocycles. The van der Waals surface area contributed by atoms with Gasteiger partial charge in [-0.1, -0.05) is 6.07 Å². The predicted octanol–water partition coefficient (Wildman–Crippen LogP) is 2.64. The van der Waals surface area contributed by atoms with Crippen LogP contribution in [0, 0.1) is 18.3 Å². The van der Waals surface area contributed by atoms with Crippen LogP contribution >= 0.6 is 0 Å². The van der Waals surface area contributed by atoms with E-state index in [1.807, 2.05) is 6.07 Å². The lowest BCUT2D eigenvalue weighted by Crippen LogP contribution is -2.30. The van der Waals surface area contributed by atoms with Crippen LogP contribution < -0.4 is 14.8 Å². The van der Waals surface area contributed by atoms with E-state index in [0.717, 1.165) is 11.8 Å². The molecule has 0 spiro atoms. The zero-order valence-corrected chi connectivity index (χ0v) is 15.4. The van der Waals surface area contributed by atoms with Crippen molar-refractivity contribution in [1.29, 1.82) is 5.26 Å². The van der Waals surface area contributed by atoms with Crippen molar-refractivity contribution in [2.24, 2.45) is 0 Å². The van der Waals surface area contributed by atoms with E-state index in [1.165, 1.54) is 0 Å². The van der Waals surface area contributed by atoms with Crippen molar-refractivity contribution < 1.29 is 17.9 Å². The first-order valence-electron chi connectivity index (χ1n) is 7.74. The summed E-state index contributed by atoms with van der Waals surface area (Å²) in [5, 5.41) is 11.5. The Bertz CT molecular complexity index is 947. The maximum absolute atomic E-state index is 12.3. The van der Waals surface area contributed by atoms with Crippen molar-refractivity contribution in [3.8, 4) is 11.8 Å². The fourth-order valence-corrected chi connectivity index (χ4v) is 2.74. The van der Waals surface area contributed by atoms with E-state index in [0.29, 0.717) is 22.7 Å². The summed E-state index contributed by atoms with van der Waals surface area (Å²) in [7, 11) is -3.42. The Labute approximate surface area is 152 Å². The van der Waals surface area contributed by atoms with Gasteiger partial charge in [-0.25, -0.2) is 8.42 Å². The molecule has 7 nitrogen and oxygen atoms in total. The highest BCUT2D eigenvalue weighted by atomic mass is 32.2. The standard InChI is InChI=1S/C18H19N3O4S/c1-12-4-7-15(10-17(12)21-26(3,23)24)20-18(22)13(2)25-16-8-5-14(11-19)6-9-16/h4-10,13,21H,1-3H3,(H,20,22)/t13-/m1/s1. The van der Waals surface area contributed by atoms with Crippen LogP contribution in [0.15, 0.2) is 42.5 Å². The Hall–Kier alpha value is -3.05. The fraction of sp³-hybridized carbons (Fsp3) is 0.222. The van der Waals surface area contributed by atoms with Crippen LogP contribution in [0.3, 0.4) is 0 Å². The number of rotatable bonds is 6. The third kappa shape index (κ3) is 5.50. The Morgan fingerprint density at radius 2 is 1.85 bits per heavy atom. The van der Waals surface area contributed by atoms with E-state index < -0.39 is 16.1 Å². The summed E-state index contributed by atoms with van der Waals surface area (Å²) in [5.74, 6) is 0.0820. The molecule has 0 aliphatic heterocycles. The first-order valence-corrected chi connectivity index (χ1v) is 9.63. The van der Waals surface area contributed by atoms with Gasteiger partial charge in [0, 0.05) is 5.69 Å². The molecular weight excluding hydrogens is 354 g/mol. The highest BCUT2D eigenvalue weighted by Gasteiger charge is 2.16. The summed E-state index contributed by atoms with van der Waals surface area (Å²) < 4.78 is 30.8. The molecule has 0 aliphatic rings. The molecule has 2 aromatic rings. The smallest absolute Gasteiger partial charge is 0.265 e. The molecule has 2 aromatic carbocycles. The quantitative estimate of drug-likeness (QED) is 0.809. The third-order valence-corrected chi connectivity index (χ3v) is 4.06. The Morgan fingerprint density at radius 1 is 1.19 bits per heavy atom. The molecule has 2 rings (SSSR count). The van der Waals surface area contributed by atoms with E-state index >= 15 is 0 Å². The predicted molar refractivity (Wildman–Crippen MR) is 99.5 cm³/mol. The lowest BCUT2D eigenvalue weighted by Gasteiger charge is -2.16. The normalized spacial score (nSPS) is 11.9. The highest BCUT2D eigenvalue weighted by molar-refractivity contribution is 7.92. The fourth-order valence-electron chi connectivity index (χ4n) is 2.12.